The summed E-state index contributed by atoms with van der Waals surface area (Å²) in [5.74, 6) is 0. The summed E-state index contributed by atoms with van der Waals surface area (Å²) in [6, 6.07) is 0. The van der Waals surface area contributed by atoms with Crippen molar-refractivity contribution in [2.24, 2.45) is 0 Å². The Morgan fingerprint density at radius 1 is 1.42 bits per heavy atom. The fourth-order valence-electron chi connectivity index (χ4n) is 1.41. The standard InChI is InChI=1S/C8H9BrN2O/c1-5-6-2-3-12-4-7(6)11-8(9)10-5/h2-4H2,1H3. The van der Waals surface area contributed by atoms with Gasteiger partial charge in [0.05, 0.1) is 18.9 Å². The quantitative estimate of drug-likeness (QED) is 0.634. The molecule has 0 amide bonds. The van der Waals surface area contributed by atoms with Gasteiger partial charge in [0.25, 0.3) is 0 Å². The number of aromatic nitrogens is 2. The number of hydrogen-bond acceptors (Lipinski definition) is 3. The second-order valence-electron chi connectivity index (χ2n) is 2.81. The van der Waals surface area contributed by atoms with E-state index >= 15 is 0 Å². The van der Waals surface area contributed by atoms with Crippen molar-refractivity contribution >= 4 is 15.9 Å². The SMILES string of the molecule is Cc1nc(Br)nc2c1CCOC2. The highest BCUT2D eigenvalue weighted by molar-refractivity contribution is 9.10. The molecule has 0 aliphatic carbocycles. The molecule has 0 spiro atoms. The van der Waals surface area contributed by atoms with Gasteiger partial charge in [-0.05, 0) is 34.8 Å². The third-order valence-corrected chi connectivity index (χ3v) is 2.36. The Labute approximate surface area is 79.3 Å². The molecule has 1 aromatic rings. The van der Waals surface area contributed by atoms with Crippen LogP contribution in [0.1, 0.15) is 17.0 Å². The minimum absolute atomic E-state index is 0.622. The molecule has 0 unspecified atom stereocenters. The van der Waals surface area contributed by atoms with Gasteiger partial charge >= 0.3 is 0 Å². The molecule has 0 fully saturated rings. The van der Waals surface area contributed by atoms with E-state index < -0.39 is 0 Å². The minimum atomic E-state index is 0.622. The molecule has 2 rings (SSSR count). The zero-order valence-electron chi connectivity index (χ0n) is 6.80. The first kappa shape index (κ1) is 8.13. The molecule has 1 aliphatic rings. The Bertz CT molecular complexity index is 314. The van der Waals surface area contributed by atoms with E-state index in [1.54, 1.807) is 0 Å². The highest BCUT2D eigenvalue weighted by Crippen LogP contribution is 2.18. The van der Waals surface area contributed by atoms with E-state index in [0.29, 0.717) is 11.3 Å². The molecule has 1 aromatic heterocycles. The summed E-state index contributed by atoms with van der Waals surface area (Å²) < 4.78 is 5.95. The van der Waals surface area contributed by atoms with Gasteiger partial charge in [0.2, 0.25) is 0 Å². The van der Waals surface area contributed by atoms with Gasteiger partial charge in [0, 0.05) is 5.69 Å². The normalized spacial score (nSPS) is 15.8. The smallest absolute Gasteiger partial charge is 0.197 e. The maximum Gasteiger partial charge on any atom is 0.197 e. The van der Waals surface area contributed by atoms with Crippen LogP contribution < -0.4 is 0 Å². The number of rotatable bonds is 0. The summed E-state index contributed by atoms with van der Waals surface area (Å²) in [7, 11) is 0. The van der Waals surface area contributed by atoms with Gasteiger partial charge in [-0.2, -0.15) is 0 Å². The predicted molar refractivity (Wildman–Crippen MR) is 47.8 cm³/mol. The minimum Gasteiger partial charge on any atom is -0.375 e. The maximum absolute atomic E-state index is 5.29. The van der Waals surface area contributed by atoms with Crippen molar-refractivity contribution in [1.82, 2.24) is 9.97 Å². The molecule has 1 aliphatic heterocycles. The van der Waals surface area contributed by atoms with Crippen molar-refractivity contribution in [3.8, 4) is 0 Å². The second-order valence-corrected chi connectivity index (χ2v) is 3.52. The Morgan fingerprint density at radius 3 is 3.08 bits per heavy atom. The van der Waals surface area contributed by atoms with Gasteiger partial charge in [-0.1, -0.05) is 0 Å². The zero-order chi connectivity index (χ0) is 8.55. The first-order valence-electron chi connectivity index (χ1n) is 3.87. The molecule has 0 saturated heterocycles. The summed E-state index contributed by atoms with van der Waals surface area (Å²) in [6.07, 6.45) is 0.939. The van der Waals surface area contributed by atoms with Gasteiger partial charge in [-0.3, -0.25) is 0 Å². The molecular weight excluding hydrogens is 220 g/mol. The van der Waals surface area contributed by atoms with Crippen LogP contribution in [0.3, 0.4) is 0 Å². The Morgan fingerprint density at radius 2 is 2.25 bits per heavy atom. The molecule has 12 heavy (non-hydrogen) atoms. The lowest BCUT2D eigenvalue weighted by atomic mass is 10.1. The van der Waals surface area contributed by atoms with Crippen molar-refractivity contribution < 1.29 is 4.74 Å². The van der Waals surface area contributed by atoms with Crippen LogP contribution in [0, 0.1) is 6.92 Å². The molecule has 0 aromatic carbocycles. The molecule has 0 radical (unpaired) electrons. The van der Waals surface area contributed by atoms with Crippen LogP contribution in [0.15, 0.2) is 4.73 Å². The van der Waals surface area contributed by atoms with E-state index in [2.05, 4.69) is 25.9 Å². The first-order valence-corrected chi connectivity index (χ1v) is 4.66. The molecule has 0 bridgehead atoms. The van der Waals surface area contributed by atoms with Crippen molar-refractivity contribution in [2.45, 2.75) is 20.0 Å². The molecule has 4 heteroatoms. The largest absolute Gasteiger partial charge is 0.375 e. The molecule has 64 valence electrons. The molecule has 2 heterocycles. The maximum atomic E-state index is 5.29. The predicted octanol–water partition coefficient (Wildman–Crippen LogP) is 1.62. The van der Waals surface area contributed by atoms with Crippen LogP contribution in [0.5, 0.6) is 0 Å². The lowest BCUT2D eigenvalue weighted by molar-refractivity contribution is 0.106. The second kappa shape index (κ2) is 3.11. The summed E-state index contributed by atoms with van der Waals surface area (Å²) in [4.78, 5) is 8.49. The van der Waals surface area contributed by atoms with Gasteiger partial charge in [-0.15, -0.1) is 0 Å². The molecule has 3 nitrogen and oxygen atoms in total. The van der Waals surface area contributed by atoms with Gasteiger partial charge in [0.15, 0.2) is 4.73 Å². The topological polar surface area (TPSA) is 35.0 Å². The Kier molecular flexibility index (Phi) is 2.11. The van der Waals surface area contributed by atoms with Crippen LogP contribution in [-0.4, -0.2) is 16.6 Å². The average molecular weight is 229 g/mol. The van der Waals surface area contributed by atoms with E-state index in [9.17, 15) is 0 Å². The Hall–Kier alpha value is -0.480. The fraction of sp³-hybridized carbons (Fsp3) is 0.500. The number of hydrogen-bond donors (Lipinski definition) is 0. The van der Waals surface area contributed by atoms with E-state index in [-0.39, 0.29) is 0 Å². The number of aryl methyl sites for hydroxylation is 1. The van der Waals surface area contributed by atoms with E-state index in [0.717, 1.165) is 24.4 Å². The van der Waals surface area contributed by atoms with E-state index in [1.165, 1.54) is 5.56 Å². The van der Waals surface area contributed by atoms with Crippen LogP contribution in [0.4, 0.5) is 0 Å². The van der Waals surface area contributed by atoms with Crippen molar-refractivity contribution in [3.05, 3.63) is 21.7 Å². The first-order chi connectivity index (χ1) is 5.77. The lowest BCUT2D eigenvalue weighted by Gasteiger charge is -2.16. The van der Waals surface area contributed by atoms with Crippen molar-refractivity contribution in [1.29, 1.82) is 0 Å². The van der Waals surface area contributed by atoms with Gasteiger partial charge in [0.1, 0.15) is 0 Å². The van der Waals surface area contributed by atoms with Gasteiger partial charge in [-0.25, -0.2) is 9.97 Å². The zero-order valence-corrected chi connectivity index (χ0v) is 8.39. The van der Waals surface area contributed by atoms with Gasteiger partial charge < -0.3 is 4.74 Å². The molecule has 0 atom stereocenters. The number of halogens is 1. The van der Waals surface area contributed by atoms with Crippen LogP contribution in [0.2, 0.25) is 0 Å². The fourth-order valence-corrected chi connectivity index (χ4v) is 1.89. The molecule has 0 N–H and O–H groups in total. The van der Waals surface area contributed by atoms with E-state index in [1.807, 2.05) is 6.92 Å². The summed E-state index contributed by atoms with van der Waals surface area (Å²) in [6.45, 7) is 3.42. The summed E-state index contributed by atoms with van der Waals surface area (Å²) >= 11 is 3.26. The van der Waals surface area contributed by atoms with E-state index in [4.69, 9.17) is 4.74 Å². The third-order valence-electron chi connectivity index (χ3n) is 2.01. The van der Waals surface area contributed by atoms with Crippen molar-refractivity contribution in [2.75, 3.05) is 6.61 Å². The number of fused-ring (bicyclic) bond motifs is 1. The highest BCUT2D eigenvalue weighted by Gasteiger charge is 2.14. The molecular formula is C8H9BrN2O. The van der Waals surface area contributed by atoms with Crippen LogP contribution in [0.25, 0.3) is 0 Å². The average Bonchev–Trinajstić information content (AvgIpc) is 2.04. The number of nitrogens with zero attached hydrogens (tertiary/aromatic N) is 2. The highest BCUT2D eigenvalue weighted by atomic mass is 79.9. The Balaban J connectivity index is 2.53. The summed E-state index contributed by atoms with van der Waals surface area (Å²) in [5.41, 5.74) is 3.35. The number of ether oxygens (including phenoxy) is 1. The third kappa shape index (κ3) is 1.36. The molecule has 0 saturated carbocycles. The van der Waals surface area contributed by atoms with Crippen LogP contribution in [-0.2, 0) is 17.8 Å². The monoisotopic (exact) mass is 228 g/mol. The van der Waals surface area contributed by atoms with Crippen molar-refractivity contribution in [3.63, 3.8) is 0 Å². The summed E-state index contributed by atoms with van der Waals surface area (Å²) in [5, 5.41) is 0. The lowest BCUT2D eigenvalue weighted by Crippen LogP contribution is -2.14. The van der Waals surface area contributed by atoms with Crippen LogP contribution >= 0.6 is 15.9 Å².